The van der Waals surface area contributed by atoms with Crippen molar-refractivity contribution >= 4 is 0 Å². The third-order valence-electron chi connectivity index (χ3n) is 8.99. The summed E-state index contributed by atoms with van der Waals surface area (Å²) in [5, 5.41) is 9.77. The average Bonchev–Trinajstić information content (AvgIpc) is 3.40. The largest absolute Gasteiger partial charge is 0.394 e. The quantitative estimate of drug-likeness (QED) is 0.0603. The van der Waals surface area contributed by atoms with Crippen LogP contribution in [0.25, 0.3) is 0 Å². The van der Waals surface area contributed by atoms with Crippen molar-refractivity contribution in [1.29, 1.82) is 0 Å². The summed E-state index contributed by atoms with van der Waals surface area (Å²) < 4.78 is 12.8. The Kier molecular flexibility index (Phi) is 34.3. The summed E-state index contributed by atoms with van der Waals surface area (Å²) in [4.78, 5) is 0. The van der Waals surface area contributed by atoms with Gasteiger partial charge in [-0.25, -0.2) is 0 Å². The van der Waals surface area contributed by atoms with Gasteiger partial charge in [0.15, 0.2) is 5.79 Å². The van der Waals surface area contributed by atoms with Crippen molar-refractivity contribution in [3.8, 4) is 0 Å². The molecule has 2 atom stereocenters. The lowest BCUT2D eigenvalue weighted by Gasteiger charge is -2.28. The maximum atomic E-state index is 9.77. The van der Waals surface area contributed by atoms with E-state index in [9.17, 15) is 5.11 Å². The van der Waals surface area contributed by atoms with Gasteiger partial charge in [0.2, 0.25) is 0 Å². The number of hydrogen-bond donors (Lipinski definition) is 1. The van der Waals surface area contributed by atoms with Crippen molar-refractivity contribution in [2.45, 2.75) is 220 Å². The Balaban J connectivity index is 0.00000991. The Bertz CT molecular complexity index is 674. The van der Waals surface area contributed by atoms with Crippen LogP contribution >= 0.6 is 0 Å². The van der Waals surface area contributed by atoms with E-state index in [1.165, 1.54) is 128 Å². The Morgan fingerprint density at radius 1 is 0.478 bits per heavy atom. The van der Waals surface area contributed by atoms with Crippen LogP contribution in [0, 0.1) is 0 Å². The number of rotatable bonds is 31. The van der Waals surface area contributed by atoms with Crippen LogP contribution in [0.2, 0.25) is 0 Å². The van der Waals surface area contributed by atoms with Gasteiger partial charge in [-0.05, 0) is 84.0 Å². The van der Waals surface area contributed by atoms with Gasteiger partial charge in [0.05, 0.1) is 12.7 Å². The molecule has 0 aromatic rings. The Labute approximate surface area is 288 Å². The van der Waals surface area contributed by atoms with E-state index >= 15 is 0 Å². The lowest BCUT2D eigenvalue weighted by Crippen LogP contribution is -2.31. The first-order valence-corrected chi connectivity index (χ1v) is 20.2. The molecule has 3 nitrogen and oxygen atoms in total. The second kappa shape index (κ2) is 35.2. The Morgan fingerprint density at radius 3 is 1.17 bits per heavy atom. The van der Waals surface area contributed by atoms with Crippen molar-refractivity contribution < 1.29 is 14.6 Å². The minimum Gasteiger partial charge on any atom is -0.394 e. The van der Waals surface area contributed by atoms with E-state index < -0.39 is 5.79 Å². The molecule has 0 spiro atoms. The smallest absolute Gasteiger partial charge is 0.169 e. The Morgan fingerprint density at radius 2 is 0.826 bits per heavy atom. The van der Waals surface area contributed by atoms with Crippen LogP contribution in [0.15, 0.2) is 48.6 Å². The minimum absolute atomic E-state index is 0.0193. The first-order valence-electron chi connectivity index (χ1n) is 20.2. The van der Waals surface area contributed by atoms with Crippen molar-refractivity contribution in [2.24, 2.45) is 0 Å². The second-order valence-corrected chi connectivity index (χ2v) is 13.2. The molecule has 1 saturated heterocycles. The van der Waals surface area contributed by atoms with Gasteiger partial charge >= 0.3 is 0 Å². The van der Waals surface area contributed by atoms with Gasteiger partial charge in [0, 0.05) is 12.8 Å². The van der Waals surface area contributed by atoms with Crippen LogP contribution in [-0.2, 0) is 9.47 Å². The zero-order valence-electron chi connectivity index (χ0n) is 31.6. The van der Waals surface area contributed by atoms with Gasteiger partial charge in [-0.15, -0.1) is 0 Å². The molecule has 270 valence electrons. The summed E-state index contributed by atoms with van der Waals surface area (Å²) in [6.07, 6.45) is 50.7. The fourth-order valence-corrected chi connectivity index (χ4v) is 6.13. The molecule has 0 aromatic heterocycles. The molecular formula is C43H80O3. The van der Waals surface area contributed by atoms with Crippen molar-refractivity contribution in [3.63, 3.8) is 0 Å². The number of ether oxygens (including phenoxy) is 2. The maximum Gasteiger partial charge on any atom is 0.169 e. The van der Waals surface area contributed by atoms with Gasteiger partial charge in [0.1, 0.15) is 6.10 Å². The van der Waals surface area contributed by atoms with E-state index in [2.05, 4.69) is 69.4 Å². The first-order chi connectivity index (χ1) is 22.7. The lowest BCUT2D eigenvalue weighted by atomic mass is 9.98. The first kappa shape index (κ1) is 44.8. The highest BCUT2D eigenvalue weighted by molar-refractivity contribution is 4.93. The van der Waals surface area contributed by atoms with Gasteiger partial charge in [-0.2, -0.15) is 0 Å². The lowest BCUT2D eigenvalue weighted by molar-refractivity contribution is -0.187. The predicted octanol–water partition coefficient (Wildman–Crippen LogP) is 13.9. The molecule has 0 saturated carbocycles. The number of allylic oxidation sites excluding steroid dienone is 8. The molecule has 1 fully saturated rings. The van der Waals surface area contributed by atoms with Crippen LogP contribution in [0.5, 0.6) is 0 Å². The highest BCUT2D eigenvalue weighted by atomic mass is 16.8. The van der Waals surface area contributed by atoms with Gasteiger partial charge in [-0.3, -0.25) is 0 Å². The molecule has 1 heterocycles. The van der Waals surface area contributed by atoms with E-state index in [4.69, 9.17) is 9.47 Å². The van der Waals surface area contributed by atoms with Crippen molar-refractivity contribution in [1.82, 2.24) is 0 Å². The van der Waals surface area contributed by atoms with Crippen LogP contribution < -0.4 is 0 Å². The topological polar surface area (TPSA) is 38.7 Å². The fourth-order valence-electron chi connectivity index (χ4n) is 6.13. The summed E-state index contributed by atoms with van der Waals surface area (Å²) in [6, 6.07) is 0. The molecule has 1 aliphatic heterocycles. The zero-order valence-corrected chi connectivity index (χ0v) is 31.6. The van der Waals surface area contributed by atoms with E-state index in [0.717, 1.165) is 38.5 Å². The van der Waals surface area contributed by atoms with E-state index in [0.29, 0.717) is 0 Å². The van der Waals surface area contributed by atoms with Crippen LogP contribution in [0.4, 0.5) is 0 Å². The predicted molar refractivity (Wildman–Crippen MR) is 205 cm³/mol. The molecule has 3 heteroatoms. The van der Waals surface area contributed by atoms with Crippen LogP contribution in [-0.4, -0.2) is 29.7 Å². The monoisotopic (exact) mass is 645 g/mol. The molecule has 46 heavy (non-hydrogen) atoms. The summed E-state index contributed by atoms with van der Waals surface area (Å²) in [5.41, 5.74) is 0. The van der Waals surface area contributed by atoms with E-state index in [1.54, 1.807) is 0 Å². The summed E-state index contributed by atoms with van der Waals surface area (Å²) in [6.45, 7) is 10.6. The minimum atomic E-state index is -0.475. The summed E-state index contributed by atoms with van der Waals surface area (Å²) >= 11 is 0. The van der Waals surface area contributed by atoms with Gasteiger partial charge in [-0.1, -0.05) is 153 Å². The molecular weight excluding hydrogens is 564 g/mol. The van der Waals surface area contributed by atoms with Crippen LogP contribution in [0.3, 0.4) is 0 Å². The molecule has 0 aromatic carbocycles. The molecule has 1 N–H and O–H groups in total. The highest BCUT2D eigenvalue weighted by Gasteiger charge is 2.44. The second-order valence-electron chi connectivity index (χ2n) is 13.2. The SMILES string of the molecule is CC.CCCCC/C=C\C/C=C\CCCCCCCCC1(CCCCCCCC/C=C\C/C=C\CCCCC)OC(C)C(CO)O1. The van der Waals surface area contributed by atoms with E-state index in [-0.39, 0.29) is 18.8 Å². The Hall–Kier alpha value is -1.16. The van der Waals surface area contributed by atoms with Crippen molar-refractivity contribution in [3.05, 3.63) is 48.6 Å². The molecule has 0 radical (unpaired) electrons. The number of unbranched alkanes of at least 4 members (excludes halogenated alkanes) is 18. The summed E-state index contributed by atoms with van der Waals surface area (Å²) in [7, 11) is 0. The molecule has 0 bridgehead atoms. The molecule has 0 aliphatic carbocycles. The van der Waals surface area contributed by atoms with Gasteiger partial charge < -0.3 is 14.6 Å². The standard InChI is InChI=1S/C41H74O3.C2H6/c1-4-6-8-10-12-14-16-18-20-22-24-26-28-30-32-34-36-41(43-39(3)40(38-42)44-41)37-35-33-31-29-27-25-23-21-19-17-15-13-11-9-7-5-2;1-2/h12-15,18-21,39-40,42H,4-11,16-17,22-38H2,1-3H3;1-2H3/b14-12-,15-13-,20-18-,21-19-;. The third-order valence-corrected chi connectivity index (χ3v) is 8.99. The molecule has 1 aliphatic rings. The average molecular weight is 645 g/mol. The van der Waals surface area contributed by atoms with Crippen LogP contribution in [0.1, 0.15) is 202 Å². The maximum absolute atomic E-state index is 9.77. The number of hydrogen-bond acceptors (Lipinski definition) is 3. The zero-order chi connectivity index (χ0) is 33.8. The van der Waals surface area contributed by atoms with E-state index in [1.807, 2.05) is 13.8 Å². The molecule has 0 amide bonds. The molecule has 2 unspecified atom stereocenters. The molecule has 1 rings (SSSR count). The number of aliphatic hydroxyl groups is 1. The highest BCUT2D eigenvalue weighted by Crippen LogP contribution is 2.37. The van der Waals surface area contributed by atoms with Crippen molar-refractivity contribution in [2.75, 3.05) is 6.61 Å². The third kappa shape index (κ3) is 26.9. The normalized spacial score (nSPS) is 18.0. The fraction of sp³-hybridized carbons (Fsp3) is 0.814. The van der Waals surface area contributed by atoms with Gasteiger partial charge in [0.25, 0.3) is 0 Å². The number of aliphatic hydroxyl groups excluding tert-OH is 1. The summed E-state index contributed by atoms with van der Waals surface area (Å²) in [5.74, 6) is -0.475.